The number of likely N-dealkylation sites (N-methyl/N-ethyl adjacent to an activating group) is 1. The molecule has 1 aliphatic rings. The summed E-state index contributed by atoms with van der Waals surface area (Å²) in [6, 6.07) is 2.12. The molecule has 26 heavy (non-hydrogen) atoms. The molecule has 1 amide bonds. The van der Waals surface area contributed by atoms with Crippen molar-refractivity contribution in [2.75, 3.05) is 33.6 Å². The fourth-order valence-electron chi connectivity index (χ4n) is 2.49. The van der Waals surface area contributed by atoms with Crippen LogP contribution in [0.5, 0.6) is 11.5 Å². The van der Waals surface area contributed by atoms with E-state index in [0.717, 1.165) is 0 Å². The van der Waals surface area contributed by atoms with Gasteiger partial charge in [-0.2, -0.15) is 11.8 Å². The summed E-state index contributed by atoms with van der Waals surface area (Å²) in [5, 5.41) is 10.2. The number of cyclic esters (lactones) is 1. The molecule has 2 rings (SSSR count). The Kier molecular flexibility index (Phi) is 6.73. The van der Waals surface area contributed by atoms with Crippen molar-refractivity contribution in [2.24, 2.45) is 0 Å². The number of carbonyl (C=O) groups is 3. The maximum Gasteiger partial charge on any atom is 0.338 e. The first-order valence-electron chi connectivity index (χ1n) is 7.87. The van der Waals surface area contributed by atoms with Crippen LogP contribution in [0.25, 0.3) is 0 Å². The number of esters is 2. The first-order chi connectivity index (χ1) is 12.4. The average molecular weight is 383 g/mol. The van der Waals surface area contributed by atoms with Crippen molar-refractivity contribution >= 4 is 29.6 Å². The number of methoxy groups -OCH3 is 2. The van der Waals surface area contributed by atoms with Crippen molar-refractivity contribution in [1.29, 1.82) is 0 Å². The van der Waals surface area contributed by atoms with Gasteiger partial charge in [-0.1, -0.05) is 0 Å². The predicted molar refractivity (Wildman–Crippen MR) is 94.3 cm³/mol. The SMILES string of the molecule is COC(=O)[C@@H]1CSCc2c(O)cc(OC)cc2C(=O)OCCC(=O)N1C. The van der Waals surface area contributed by atoms with Gasteiger partial charge in [0, 0.05) is 30.2 Å². The lowest BCUT2D eigenvalue weighted by Crippen LogP contribution is -2.45. The van der Waals surface area contributed by atoms with Gasteiger partial charge in [0.2, 0.25) is 5.91 Å². The summed E-state index contributed by atoms with van der Waals surface area (Å²) < 4.78 is 15.0. The molecule has 9 heteroatoms. The van der Waals surface area contributed by atoms with E-state index in [1.54, 1.807) is 0 Å². The normalized spacial score (nSPS) is 18.9. The van der Waals surface area contributed by atoms with E-state index < -0.39 is 18.0 Å². The monoisotopic (exact) mass is 383 g/mol. The van der Waals surface area contributed by atoms with Crippen LogP contribution in [0.1, 0.15) is 22.3 Å². The molecule has 0 unspecified atom stereocenters. The maximum absolute atomic E-state index is 12.4. The number of nitrogens with zero attached hydrogens (tertiary/aromatic N) is 1. The molecule has 0 bridgehead atoms. The number of thioether (sulfide) groups is 1. The van der Waals surface area contributed by atoms with Crippen LogP contribution in [-0.4, -0.2) is 67.5 Å². The molecule has 0 saturated carbocycles. The lowest BCUT2D eigenvalue weighted by atomic mass is 10.1. The van der Waals surface area contributed by atoms with Crippen molar-refractivity contribution in [3.05, 3.63) is 23.3 Å². The van der Waals surface area contributed by atoms with Crippen LogP contribution in [0.15, 0.2) is 12.1 Å². The molecule has 0 aromatic heterocycles. The number of carbonyl (C=O) groups excluding carboxylic acids is 3. The van der Waals surface area contributed by atoms with Gasteiger partial charge in [0.1, 0.15) is 24.1 Å². The fraction of sp³-hybridized carbons (Fsp3) is 0.471. The van der Waals surface area contributed by atoms with E-state index in [2.05, 4.69) is 0 Å². The standard InChI is InChI=1S/C17H21NO7S/c1-18-13(17(22)24-3)9-26-8-12-11(6-10(23-2)7-14(12)19)16(21)25-5-4-15(18)20/h6-7,13,19H,4-5,8-9H2,1-3H3/t13-/m0/s1. The molecule has 142 valence electrons. The molecule has 0 aliphatic carbocycles. The lowest BCUT2D eigenvalue weighted by Gasteiger charge is -2.26. The molecule has 1 N–H and O–H groups in total. The highest BCUT2D eigenvalue weighted by atomic mass is 32.2. The number of hydrogen-bond donors (Lipinski definition) is 1. The summed E-state index contributed by atoms with van der Waals surface area (Å²) >= 11 is 1.29. The quantitative estimate of drug-likeness (QED) is 0.760. The van der Waals surface area contributed by atoms with Crippen molar-refractivity contribution in [2.45, 2.75) is 18.2 Å². The van der Waals surface area contributed by atoms with Gasteiger partial charge in [-0.05, 0) is 6.07 Å². The van der Waals surface area contributed by atoms with E-state index in [4.69, 9.17) is 14.2 Å². The van der Waals surface area contributed by atoms with E-state index in [-0.39, 0.29) is 41.8 Å². The van der Waals surface area contributed by atoms with Gasteiger partial charge in [0.15, 0.2) is 0 Å². The molecule has 0 saturated heterocycles. The zero-order chi connectivity index (χ0) is 19.3. The van der Waals surface area contributed by atoms with Crippen LogP contribution in [0.4, 0.5) is 0 Å². The average Bonchev–Trinajstić information content (AvgIpc) is 2.63. The van der Waals surface area contributed by atoms with Gasteiger partial charge in [-0.25, -0.2) is 9.59 Å². The summed E-state index contributed by atoms with van der Waals surface area (Å²) in [6.07, 6.45) is -0.0638. The summed E-state index contributed by atoms with van der Waals surface area (Å²) in [6.45, 7) is -0.138. The molecule has 0 radical (unpaired) electrons. The van der Waals surface area contributed by atoms with Crippen LogP contribution >= 0.6 is 11.8 Å². The minimum Gasteiger partial charge on any atom is -0.507 e. The van der Waals surface area contributed by atoms with Crippen LogP contribution in [0.2, 0.25) is 0 Å². The van der Waals surface area contributed by atoms with E-state index in [9.17, 15) is 19.5 Å². The van der Waals surface area contributed by atoms with Gasteiger partial charge in [0.25, 0.3) is 0 Å². The van der Waals surface area contributed by atoms with Crippen molar-refractivity contribution < 1.29 is 33.7 Å². The number of phenols is 1. The molecule has 1 aliphatic heterocycles. The smallest absolute Gasteiger partial charge is 0.338 e. The second-order valence-electron chi connectivity index (χ2n) is 5.62. The summed E-state index contributed by atoms with van der Waals surface area (Å²) in [4.78, 5) is 37.9. The second-order valence-corrected chi connectivity index (χ2v) is 6.65. The van der Waals surface area contributed by atoms with Crippen molar-refractivity contribution in [1.82, 2.24) is 4.90 Å². The number of aromatic hydroxyl groups is 1. The number of rotatable bonds is 2. The van der Waals surface area contributed by atoms with Gasteiger partial charge < -0.3 is 24.2 Å². The number of benzene rings is 1. The first kappa shape index (κ1) is 19.9. The Bertz CT molecular complexity index is 707. The highest BCUT2D eigenvalue weighted by molar-refractivity contribution is 7.98. The summed E-state index contributed by atoms with van der Waals surface area (Å²) in [5.74, 6) is -0.775. The molecular weight excluding hydrogens is 362 g/mol. The Morgan fingerprint density at radius 3 is 2.73 bits per heavy atom. The number of hydrogen-bond acceptors (Lipinski definition) is 8. The van der Waals surface area contributed by atoms with Gasteiger partial charge >= 0.3 is 11.9 Å². The Morgan fingerprint density at radius 2 is 2.08 bits per heavy atom. The van der Waals surface area contributed by atoms with Crippen LogP contribution in [-0.2, 0) is 24.8 Å². The van der Waals surface area contributed by atoms with Crippen LogP contribution in [0.3, 0.4) is 0 Å². The Morgan fingerprint density at radius 1 is 1.35 bits per heavy atom. The number of amides is 1. The number of fused-ring (bicyclic) bond motifs is 1. The Hall–Kier alpha value is -2.42. The lowest BCUT2D eigenvalue weighted by molar-refractivity contribution is -0.150. The minimum atomic E-state index is -0.767. The molecule has 0 fully saturated rings. The third kappa shape index (κ3) is 4.40. The molecular formula is C17H21NO7S. The highest BCUT2D eigenvalue weighted by Gasteiger charge is 2.29. The van der Waals surface area contributed by atoms with Gasteiger partial charge in [-0.15, -0.1) is 0 Å². The van der Waals surface area contributed by atoms with E-state index in [1.807, 2.05) is 0 Å². The zero-order valence-electron chi connectivity index (χ0n) is 14.8. The van der Waals surface area contributed by atoms with Gasteiger partial charge in [0.05, 0.1) is 26.2 Å². The van der Waals surface area contributed by atoms with Crippen LogP contribution in [0, 0.1) is 0 Å². The second kappa shape index (κ2) is 8.79. The molecule has 8 nitrogen and oxygen atoms in total. The number of phenolic OH excluding ortho intramolecular Hbond substituents is 1. The molecule has 0 spiro atoms. The van der Waals surface area contributed by atoms with E-state index in [1.165, 1.54) is 50.1 Å². The Balaban J connectivity index is 2.36. The molecule has 1 aromatic carbocycles. The summed E-state index contributed by atoms with van der Waals surface area (Å²) in [7, 11) is 4.19. The maximum atomic E-state index is 12.4. The van der Waals surface area contributed by atoms with Gasteiger partial charge in [-0.3, -0.25) is 4.79 Å². The molecule has 1 heterocycles. The third-order valence-electron chi connectivity index (χ3n) is 4.06. The largest absolute Gasteiger partial charge is 0.507 e. The topological polar surface area (TPSA) is 102 Å². The third-order valence-corrected chi connectivity index (χ3v) is 5.11. The highest BCUT2D eigenvalue weighted by Crippen LogP contribution is 2.32. The predicted octanol–water partition coefficient (Wildman–Crippen LogP) is 1.19. The zero-order valence-corrected chi connectivity index (χ0v) is 15.6. The van der Waals surface area contributed by atoms with Crippen molar-refractivity contribution in [3.63, 3.8) is 0 Å². The van der Waals surface area contributed by atoms with E-state index >= 15 is 0 Å². The molecule has 1 atom stereocenters. The van der Waals surface area contributed by atoms with Crippen LogP contribution < -0.4 is 4.74 Å². The first-order valence-corrected chi connectivity index (χ1v) is 9.02. The van der Waals surface area contributed by atoms with Crippen molar-refractivity contribution in [3.8, 4) is 11.5 Å². The summed E-state index contributed by atoms with van der Waals surface area (Å²) in [5.41, 5.74) is 0.560. The molecule has 1 aromatic rings. The fourth-order valence-corrected chi connectivity index (χ4v) is 3.70. The van der Waals surface area contributed by atoms with E-state index in [0.29, 0.717) is 11.3 Å². The number of ether oxygens (including phenoxy) is 3. The Labute approximate surface area is 155 Å². The minimum absolute atomic E-state index is 0.0638.